The average Bonchev–Trinajstić information content (AvgIpc) is 3.85. The highest BCUT2D eigenvalue weighted by Gasteiger charge is 2.38. The van der Waals surface area contributed by atoms with Gasteiger partial charge in [-0.3, -0.25) is 24.7 Å². The van der Waals surface area contributed by atoms with Crippen molar-refractivity contribution in [2.24, 2.45) is 0 Å². The molecule has 6 heterocycles. The van der Waals surface area contributed by atoms with Gasteiger partial charge < -0.3 is 28.6 Å². The van der Waals surface area contributed by atoms with Crippen molar-refractivity contribution in [2.75, 3.05) is 60.4 Å². The highest BCUT2D eigenvalue weighted by molar-refractivity contribution is 6.39. The fourth-order valence-electron chi connectivity index (χ4n) is 6.63. The predicted molar refractivity (Wildman–Crippen MR) is 221 cm³/mol. The van der Waals surface area contributed by atoms with Crippen molar-refractivity contribution in [1.82, 2.24) is 24.5 Å². The van der Waals surface area contributed by atoms with E-state index in [0.717, 1.165) is 45.3 Å². The molecule has 0 N–H and O–H groups in total. The number of pyridine rings is 4. The van der Waals surface area contributed by atoms with E-state index in [1.54, 1.807) is 39.0 Å². The SMILES string of the molecule is COCCOCCn1c(/C=C/c2ccnc(-c3ccccn3)c2)ccc1C1=C([O-])/C(=C2\C=CC(/C=C/c3ccnc(-c4ccccn4)c3)=[N+]2CCOCCOC)C1=O. The number of carbonyl (C=O) groups is 1. The van der Waals surface area contributed by atoms with Gasteiger partial charge >= 0.3 is 0 Å². The quantitative estimate of drug-likeness (QED) is 0.0597. The predicted octanol–water partition coefficient (Wildman–Crippen LogP) is 5.54. The first kappa shape index (κ1) is 39.8. The van der Waals surface area contributed by atoms with Crippen LogP contribution < -0.4 is 5.11 Å². The number of aromatic nitrogens is 5. The monoisotopic (exact) mass is 776 g/mol. The molecule has 1 aliphatic carbocycles. The fourth-order valence-corrected chi connectivity index (χ4v) is 6.63. The number of ketones is 1. The van der Waals surface area contributed by atoms with Crippen molar-refractivity contribution in [2.45, 2.75) is 6.54 Å². The van der Waals surface area contributed by atoms with Crippen LogP contribution in [-0.4, -0.2) is 101 Å². The number of methoxy groups -OCH3 is 2. The lowest BCUT2D eigenvalue weighted by Gasteiger charge is -2.31. The van der Waals surface area contributed by atoms with Gasteiger partial charge in [0.2, 0.25) is 17.2 Å². The van der Waals surface area contributed by atoms with Crippen LogP contribution in [0.15, 0.2) is 133 Å². The Labute approximate surface area is 337 Å². The van der Waals surface area contributed by atoms with Gasteiger partial charge in [-0.1, -0.05) is 24.0 Å². The molecule has 0 amide bonds. The molecule has 0 atom stereocenters. The Kier molecular flexibility index (Phi) is 13.5. The molecule has 12 nitrogen and oxygen atoms in total. The second-order valence-corrected chi connectivity index (χ2v) is 13.3. The number of rotatable bonds is 19. The van der Waals surface area contributed by atoms with Gasteiger partial charge in [-0.25, -0.2) is 0 Å². The van der Waals surface area contributed by atoms with Crippen molar-refractivity contribution >= 4 is 35.3 Å². The van der Waals surface area contributed by atoms with Crippen LogP contribution in [0.25, 0.3) is 46.6 Å². The van der Waals surface area contributed by atoms with Crippen LogP contribution in [0.2, 0.25) is 0 Å². The summed E-state index contributed by atoms with van der Waals surface area (Å²) in [5.74, 6) is -0.614. The average molecular weight is 777 g/mol. The van der Waals surface area contributed by atoms with Crippen molar-refractivity contribution in [3.63, 3.8) is 0 Å². The minimum Gasteiger partial charge on any atom is -0.871 e. The molecule has 5 aromatic heterocycles. The second-order valence-electron chi connectivity index (χ2n) is 13.3. The molecule has 1 aliphatic heterocycles. The molecule has 294 valence electrons. The molecule has 0 saturated heterocycles. The largest absolute Gasteiger partial charge is 0.871 e. The molecular formula is C46H44N6O6. The zero-order valence-corrected chi connectivity index (χ0v) is 32.5. The Morgan fingerprint density at radius 2 is 1.26 bits per heavy atom. The van der Waals surface area contributed by atoms with Crippen LogP contribution in [0, 0.1) is 0 Å². The summed E-state index contributed by atoms with van der Waals surface area (Å²) in [7, 11) is 3.25. The highest BCUT2D eigenvalue weighted by atomic mass is 16.5. The molecule has 0 aromatic carbocycles. The van der Waals surface area contributed by atoms with Gasteiger partial charge in [0.15, 0.2) is 6.54 Å². The maximum Gasteiger partial charge on any atom is 0.216 e. The van der Waals surface area contributed by atoms with Crippen LogP contribution in [0.5, 0.6) is 0 Å². The van der Waals surface area contributed by atoms with Crippen molar-refractivity contribution in [3.05, 3.63) is 155 Å². The Balaban J connectivity index is 1.19. The summed E-state index contributed by atoms with van der Waals surface area (Å²) in [6.45, 7) is 3.33. The maximum absolute atomic E-state index is 14.2. The number of allylic oxidation sites excluding steroid dienone is 5. The molecule has 0 fully saturated rings. The minimum atomic E-state index is -0.307. The Hall–Kier alpha value is -6.44. The fraction of sp³-hybridized carbons (Fsp3) is 0.217. The summed E-state index contributed by atoms with van der Waals surface area (Å²) in [6, 6.07) is 22.9. The van der Waals surface area contributed by atoms with Gasteiger partial charge in [0.25, 0.3) is 0 Å². The second kappa shape index (κ2) is 19.6. The van der Waals surface area contributed by atoms with Crippen LogP contribution in [0.4, 0.5) is 0 Å². The minimum absolute atomic E-state index is 0.146. The number of hydrogen-bond acceptors (Lipinski definition) is 10. The topological polar surface area (TPSA) is 137 Å². The molecule has 0 unspecified atom stereocenters. The van der Waals surface area contributed by atoms with E-state index in [1.165, 1.54) is 0 Å². The molecule has 0 saturated carbocycles. The molecule has 0 radical (unpaired) electrons. The van der Waals surface area contributed by atoms with E-state index in [4.69, 9.17) is 18.9 Å². The number of ether oxygens (including phenoxy) is 4. The van der Waals surface area contributed by atoms with Crippen LogP contribution >= 0.6 is 0 Å². The van der Waals surface area contributed by atoms with Crippen molar-refractivity contribution in [1.29, 1.82) is 0 Å². The summed E-state index contributed by atoms with van der Waals surface area (Å²) in [6.07, 6.45) is 18.6. The Morgan fingerprint density at radius 1 is 0.638 bits per heavy atom. The van der Waals surface area contributed by atoms with Crippen LogP contribution in [0.3, 0.4) is 0 Å². The van der Waals surface area contributed by atoms with E-state index in [-0.39, 0.29) is 22.7 Å². The lowest BCUT2D eigenvalue weighted by Crippen LogP contribution is -2.34. The summed E-state index contributed by atoms with van der Waals surface area (Å²) in [4.78, 5) is 32.0. The molecular weight excluding hydrogens is 733 g/mol. The first-order valence-electron chi connectivity index (χ1n) is 19.0. The zero-order chi connectivity index (χ0) is 40.1. The van der Waals surface area contributed by atoms with Crippen molar-refractivity contribution in [3.8, 4) is 22.8 Å². The lowest BCUT2D eigenvalue weighted by molar-refractivity contribution is -0.472. The smallest absolute Gasteiger partial charge is 0.216 e. The van der Waals surface area contributed by atoms with Crippen LogP contribution in [0.1, 0.15) is 22.5 Å². The first-order chi connectivity index (χ1) is 28.6. The van der Waals surface area contributed by atoms with E-state index >= 15 is 0 Å². The van der Waals surface area contributed by atoms with Crippen LogP contribution in [-0.2, 0) is 30.3 Å². The third-order valence-corrected chi connectivity index (χ3v) is 9.55. The highest BCUT2D eigenvalue weighted by Crippen LogP contribution is 2.38. The number of Topliss-reactive ketones (excluding diaryl/α,β-unsaturated/α-hetero) is 1. The number of carbonyl (C=O) groups excluding carboxylic acids is 1. The van der Waals surface area contributed by atoms with Gasteiger partial charge in [0, 0.05) is 75.0 Å². The van der Waals surface area contributed by atoms with E-state index in [2.05, 4.69) is 19.9 Å². The number of nitrogens with zero attached hydrogens (tertiary/aromatic N) is 6. The summed E-state index contributed by atoms with van der Waals surface area (Å²) >= 11 is 0. The molecule has 7 rings (SSSR count). The third-order valence-electron chi connectivity index (χ3n) is 9.55. The van der Waals surface area contributed by atoms with Gasteiger partial charge in [-0.15, -0.1) is 0 Å². The van der Waals surface area contributed by atoms with E-state index in [0.29, 0.717) is 64.1 Å². The summed E-state index contributed by atoms with van der Waals surface area (Å²) in [5, 5.41) is 14.2. The Morgan fingerprint density at radius 3 is 1.86 bits per heavy atom. The first-order valence-corrected chi connectivity index (χ1v) is 19.0. The van der Waals surface area contributed by atoms with E-state index < -0.39 is 0 Å². The van der Waals surface area contributed by atoms with Gasteiger partial charge in [-0.05, 0) is 83.9 Å². The molecule has 5 aromatic rings. The number of hydrogen-bond donors (Lipinski definition) is 0. The molecule has 12 heteroatoms. The third kappa shape index (κ3) is 9.39. The zero-order valence-electron chi connectivity index (χ0n) is 32.5. The standard InChI is InChI=1S/C46H44N6O6/c1-55-27-29-57-25-23-51-35(11-9-33-17-21-49-39(31-33)37-7-3-5-19-47-37)13-15-41(51)43-45(53)44(46(43)54)42-16-14-36(52(42)24-26-58-30-28-56-2)12-10-34-18-22-50-40(32-34)38-8-4-6-20-48-38/h3-22,31-32H,23-30H2,1-2H3. The normalized spacial score (nSPS) is 15.4. The van der Waals surface area contributed by atoms with E-state index in [9.17, 15) is 9.90 Å². The maximum atomic E-state index is 14.2. The molecule has 58 heavy (non-hydrogen) atoms. The van der Waals surface area contributed by atoms with Gasteiger partial charge in [-0.2, -0.15) is 4.58 Å². The summed E-state index contributed by atoms with van der Waals surface area (Å²) < 4.78 is 25.8. The summed E-state index contributed by atoms with van der Waals surface area (Å²) in [5.41, 5.74) is 7.92. The molecule has 0 bridgehead atoms. The Bertz CT molecular complexity index is 2410. The molecule has 0 spiro atoms. The van der Waals surface area contributed by atoms with Crippen molar-refractivity contribution < 1.29 is 33.4 Å². The van der Waals surface area contributed by atoms with Gasteiger partial charge in [0.05, 0.1) is 67.1 Å². The molecule has 2 aliphatic rings. The van der Waals surface area contributed by atoms with E-state index in [1.807, 2.05) is 118 Å². The lowest BCUT2D eigenvalue weighted by atomic mass is 9.84. The van der Waals surface area contributed by atoms with Gasteiger partial charge in [0.1, 0.15) is 6.61 Å².